The van der Waals surface area contributed by atoms with E-state index in [-0.39, 0.29) is 0 Å². The van der Waals surface area contributed by atoms with Gasteiger partial charge in [-0.05, 0) is 50.2 Å². The van der Waals surface area contributed by atoms with Crippen LogP contribution in [0.15, 0.2) is 47.1 Å². The molecule has 0 aliphatic rings. The molecule has 1 aromatic carbocycles. The largest absolute Gasteiger partial charge is 0.494 e. The Balaban J connectivity index is 1.88. The molecule has 1 heterocycles. The highest BCUT2D eigenvalue weighted by Crippen LogP contribution is 2.17. The minimum Gasteiger partial charge on any atom is -0.494 e. The number of rotatable bonds is 6. The van der Waals surface area contributed by atoms with Crippen molar-refractivity contribution in [1.82, 2.24) is 0 Å². The van der Waals surface area contributed by atoms with Crippen molar-refractivity contribution in [2.45, 2.75) is 26.3 Å². The minimum atomic E-state index is 0.328. The molecule has 0 spiro atoms. The molecule has 3 heteroatoms. The van der Waals surface area contributed by atoms with E-state index >= 15 is 0 Å². The average Bonchev–Trinajstić information content (AvgIpc) is 2.84. The number of anilines is 1. The van der Waals surface area contributed by atoms with Crippen LogP contribution >= 0.6 is 0 Å². The summed E-state index contributed by atoms with van der Waals surface area (Å²) in [5.41, 5.74) is 1.09. The highest BCUT2D eigenvalue weighted by atomic mass is 16.5. The molecular weight excluding hydrogens is 226 g/mol. The fourth-order valence-electron chi connectivity index (χ4n) is 1.88. The van der Waals surface area contributed by atoms with Gasteiger partial charge in [-0.15, -0.1) is 0 Å². The Morgan fingerprint density at radius 2 is 2.00 bits per heavy atom. The fraction of sp³-hybridized carbons (Fsp3) is 0.333. The molecule has 0 amide bonds. The molecule has 1 aromatic heterocycles. The van der Waals surface area contributed by atoms with Crippen molar-refractivity contribution in [3.8, 4) is 5.75 Å². The van der Waals surface area contributed by atoms with Gasteiger partial charge in [0.25, 0.3) is 0 Å². The lowest BCUT2D eigenvalue weighted by molar-refractivity contribution is 0.340. The summed E-state index contributed by atoms with van der Waals surface area (Å²) in [6.07, 6.45) is 2.58. The third-order valence-electron chi connectivity index (χ3n) is 2.67. The summed E-state index contributed by atoms with van der Waals surface area (Å²) in [5.74, 6) is 1.91. The van der Waals surface area contributed by atoms with Gasteiger partial charge in [-0.1, -0.05) is 0 Å². The van der Waals surface area contributed by atoms with Gasteiger partial charge in [0.15, 0.2) is 0 Å². The summed E-state index contributed by atoms with van der Waals surface area (Å²) in [5, 5.41) is 3.43. The van der Waals surface area contributed by atoms with Crippen LogP contribution in [0.5, 0.6) is 5.75 Å². The van der Waals surface area contributed by atoms with Gasteiger partial charge in [-0.25, -0.2) is 0 Å². The third-order valence-corrected chi connectivity index (χ3v) is 2.67. The molecule has 0 radical (unpaired) electrons. The van der Waals surface area contributed by atoms with Crippen LogP contribution in [0.2, 0.25) is 0 Å². The van der Waals surface area contributed by atoms with E-state index in [1.807, 2.05) is 43.3 Å². The van der Waals surface area contributed by atoms with Crippen LogP contribution in [0, 0.1) is 0 Å². The predicted octanol–water partition coefficient (Wildman–Crippen LogP) is 3.72. The van der Waals surface area contributed by atoms with Crippen molar-refractivity contribution < 1.29 is 9.15 Å². The van der Waals surface area contributed by atoms with Gasteiger partial charge in [0, 0.05) is 18.2 Å². The molecule has 2 rings (SSSR count). The van der Waals surface area contributed by atoms with E-state index in [4.69, 9.17) is 9.15 Å². The van der Waals surface area contributed by atoms with Crippen LogP contribution in [-0.2, 0) is 6.42 Å². The summed E-state index contributed by atoms with van der Waals surface area (Å²) >= 11 is 0. The Labute approximate surface area is 108 Å². The summed E-state index contributed by atoms with van der Waals surface area (Å²) in [6, 6.07) is 12.3. The second kappa shape index (κ2) is 6.15. The normalized spacial score (nSPS) is 12.1. The maximum Gasteiger partial charge on any atom is 0.119 e. The molecule has 0 bridgehead atoms. The highest BCUT2D eigenvalue weighted by Gasteiger charge is 2.05. The van der Waals surface area contributed by atoms with Gasteiger partial charge in [0.1, 0.15) is 11.5 Å². The molecule has 1 atom stereocenters. The van der Waals surface area contributed by atoms with Gasteiger partial charge in [-0.3, -0.25) is 0 Å². The summed E-state index contributed by atoms with van der Waals surface area (Å²) in [6.45, 7) is 4.82. The van der Waals surface area contributed by atoms with Gasteiger partial charge in [0.2, 0.25) is 0 Å². The van der Waals surface area contributed by atoms with Crippen LogP contribution in [0.25, 0.3) is 0 Å². The first-order valence-corrected chi connectivity index (χ1v) is 6.29. The van der Waals surface area contributed by atoms with Crippen LogP contribution in [0.3, 0.4) is 0 Å². The number of hydrogen-bond donors (Lipinski definition) is 1. The van der Waals surface area contributed by atoms with Crippen molar-refractivity contribution in [2.75, 3.05) is 11.9 Å². The lowest BCUT2D eigenvalue weighted by atomic mass is 10.2. The van der Waals surface area contributed by atoms with Crippen molar-refractivity contribution >= 4 is 5.69 Å². The number of nitrogens with one attached hydrogen (secondary N) is 1. The van der Waals surface area contributed by atoms with Crippen molar-refractivity contribution in [1.29, 1.82) is 0 Å². The SMILES string of the molecule is CCOc1ccc(NC(C)Cc2ccco2)cc1. The lowest BCUT2D eigenvalue weighted by Crippen LogP contribution is -2.17. The smallest absolute Gasteiger partial charge is 0.119 e. The molecule has 0 aliphatic carbocycles. The van der Waals surface area contributed by atoms with E-state index in [1.165, 1.54) is 0 Å². The van der Waals surface area contributed by atoms with Crippen LogP contribution < -0.4 is 10.1 Å². The zero-order valence-corrected chi connectivity index (χ0v) is 10.8. The number of furan rings is 1. The standard InChI is InChI=1S/C15H19NO2/c1-3-17-14-8-6-13(7-9-14)16-12(2)11-15-5-4-10-18-15/h4-10,12,16H,3,11H2,1-2H3. The molecule has 3 nitrogen and oxygen atoms in total. The average molecular weight is 245 g/mol. The molecule has 1 unspecified atom stereocenters. The Morgan fingerprint density at radius 1 is 1.22 bits per heavy atom. The molecule has 1 N–H and O–H groups in total. The Kier molecular flexibility index (Phi) is 4.29. The predicted molar refractivity (Wildman–Crippen MR) is 73.1 cm³/mol. The Bertz CT molecular complexity index is 448. The first-order valence-electron chi connectivity index (χ1n) is 6.29. The lowest BCUT2D eigenvalue weighted by Gasteiger charge is -2.14. The molecule has 0 saturated carbocycles. The van der Waals surface area contributed by atoms with Crippen LogP contribution in [0.4, 0.5) is 5.69 Å². The third kappa shape index (κ3) is 3.55. The fourth-order valence-corrected chi connectivity index (χ4v) is 1.88. The van der Waals surface area contributed by atoms with Gasteiger partial charge >= 0.3 is 0 Å². The topological polar surface area (TPSA) is 34.4 Å². The summed E-state index contributed by atoms with van der Waals surface area (Å²) in [4.78, 5) is 0. The zero-order chi connectivity index (χ0) is 12.8. The molecule has 0 fully saturated rings. The van der Waals surface area contributed by atoms with Crippen molar-refractivity contribution in [2.24, 2.45) is 0 Å². The minimum absolute atomic E-state index is 0.328. The Hall–Kier alpha value is -1.90. The van der Waals surface area contributed by atoms with E-state index in [1.54, 1.807) is 6.26 Å². The van der Waals surface area contributed by atoms with E-state index in [0.29, 0.717) is 12.6 Å². The number of benzene rings is 1. The molecular formula is C15H19NO2. The molecule has 2 aromatic rings. The highest BCUT2D eigenvalue weighted by molar-refractivity contribution is 5.47. The molecule has 0 aliphatic heterocycles. The van der Waals surface area contributed by atoms with E-state index in [0.717, 1.165) is 23.6 Å². The number of hydrogen-bond acceptors (Lipinski definition) is 3. The van der Waals surface area contributed by atoms with E-state index < -0.39 is 0 Å². The van der Waals surface area contributed by atoms with Crippen LogP contribution in [-0.4, -0.2) is 12.6 Å². The second-order valence-corrected chi connectivity index (χ2v) is 4.29. The van der Waals surface area contributed by atoms with E-state index in [9.17, 15) is 0 Å². The van der Waals surface area contributed by atoms with Crippen LogP contribution in [0.1, 0.15) is 19.6 Å². The summed E-state index contributed by atoms with van der Waals surface area (Å²) in [7, 11) is 0. The molecule has 0 saturated heterocycles. The first kappa shape index (κ1) is 12.6. The van der Waals surface area contributed by atoms with Gasteiger partial charge in [-0.2, -0.15) is 0 Å². The van der Waals surface area contributed by atoms with E-state index in [2.05, 4.69) is 12.2 Å². The maximum absolute atomic E-state index is 5.41. The number of ether oxygens (including phenoxy) is 1. The molecule has 96 valence electrons. The van der Waals surface area contributed by atoms with Crippen molar-refractivity contribution in [3.63, 3.8) is 0 Å². The summed E-state index contributed by atoms with van der Waals surface area (Å²) < 4.78 is 10.7. The van der Waals surface area contributed by atoms with Crippen molar-refractivity contribution in [3.05, 3.63) is 48.4 Å². The monoisotopic (exact) mass is 245 g/mol. The molecule has 18 heavy (non-hydrogen) atoms. The van der Waals surface area contributed by atoms with Gasteiger partial charge in [0.05, 0.1) is 12.9 Å². The van der Waals surface area contributed by atoms with Gasteiger partial charge < -0.3 is 14.5 Å². The Morgan fingerprint density at radius 3 is 2.61 bits per heavy atom. The zero-order valence-electron chi connectivity index (χ0n) is 10.8. The quantitative estimate of drug-likeness (QED) is 0.842. The first-order chi connectivity index (χ1) is 8.78. The second-order valence-electron chi connectivity index (χ2n) is 4.29. The maximum atomic E-state index is 5.41.